The zero-order valence-electron chi connectivity index (χ0n) is 7.43. The molecule has 1 saturated carbocycles. The van der Waals surface area contributed by atoms with Gasteiger partial charge in [-0.15, -0.1) is 0 Å². The third kappa shape index (κ3) is 1.51. The molecule has 1 aromatic rings. The van der Waals surface area contributed by atoms with Crippen molar-refractivity contribution in [2.75, 3.05) is 5.73 Å². The lowest BCUT2D eigenvalue weighted by Gasteiger charge is -2.27. The summed E-state index contributed by atoms with van der Waals surface area (Å²) in [5.74, 6) is 0.394. The molecule has 2 rings (SSSR count). The summed E-state index contributed by atoms with van der Waals surface area (Å²) in [6, 6.07) is 0.0243. The third-order valence-corrected chi connectivity index (χ3v) is 2.61. The maximum Gasteiger partial charge on any atom is 0.218 e. The van der Waals surface area contributed by atoms with E-state index in [1.807, 2.05) is 0 Å². The topological polar surface area (TPSA) is 77.0 Å². The minimum atomic E-state index is -0.322. The fourth-order valence-corrected chi connectivity index (χ4v) is 1.89. The molecule has 13 heavy (non-hydrogen) atoms. The van der Waals surface area contributed by atoms with Crippen molar-refractivity contribution >= 4 is 5.95 Å². The molecule has 0 aliphatic heterocycles. The molecular formula is C8H14N4O. The number of aromatic nitrogens is 3. The minimum Gasteiger partial charge on any atom is -0.391 e. The van der Waals surface area contributed by atoms with Crippen LogP contribution in [0.25, 0.3) is 0 Å². The van der Waals surface area contributed by atoms with Crippen molar-refractivity contribution < 1.29 is 5.11 Å². The molecule has 0 spiro atoms. The average molecular weight is 182 g/mol. The quantitative estimate of drug-likeness (QED) is 0.656. The Kier molecular flexibility index (Phi) is 2.18. The second kappa shape index (κ2) is 3.33. The summed E-state index contributed by atoms with van der Waals surface area (Å²) in [4.78, 5) is 3.84. The van der Waals surface area contributed by atoms with E-state index in [-0.39, 0.29) is 12.1 Å². The highest BCUT2D eigenvalue weighted by atomic mass is 16.3. The molecule has 1 aliphatic carbocycles. The van der Waals surface area contributed by atoms with Gasteiger partial charge in [0.2, 0.25) is 5.95 Å². The largest absolute Gasteiger partial charge is 0.391 e. The predicted octanol–water partition coefficient (Wildman–Crippen LogP) is 0.336. The van der Waals surface area contributed by atoms with Gasteiger partial charge in [-0.25, -0.2) is 9.67 Å². The van der Waals surface area contributed by atoms with Crippen molar-refractivity contribution in [3.05, 3.63) is 6.33 Å². The van der Waals surface area contributed by atoms with Crippen LogP contribution in [-0.4, -0.2) is 26.0 Å². The smallest absolute Gasteiger partial charge is 0.218 e. The Bertz CT molecular complexity index is 285. The SMILES string of the molecule is Nc1ncnn1C1CCCCC1O. The fourth-order valence-electron chi connectivity index (χ4n) is 1.89. The summed E-state index contributed by atoms with van der Waals surface area (Å²) in [5, 5.41) is 13.7. The van der Waals surface area contributed by atoms with Gasteiger partial charge < -0.3 is 10.8 Å². The molecule has 1 fully saturated rings. The molecule has 0 bridgehead atoms. The monoisotopic (exact) mass is 182 g/mol. The van der Waals surface area contributed by atoms with Crippen LogP contribution in [0.15, 0.2) is 6.33 Å². The van der Waals surface area contributed by atoms with Crippen molar-refractivity contribution in [1.29, 1.82) is 0 Å². The predicted molar refractivity (Wildman–Crippen MR) is 47.9 cm³/mol. The molecule has 1 aromatic heterocycles. The van der Waals surface area contributed by atoms with E-state index in [0.29, 0.717) is 5.95 Å². The van der Waals surface area contributed by atoms with Crippen LogP contribution in [0.2, 0.25) is 0 Å². The Hall–Kier alpha value is -1.10. The second-order valence-electron chi connectivity index (χ2n) is 3.48. The van der Waals surface area contributed by atoms with Gasteiger partial charge in [0.25, 0.3) is 0 Å². The first-order chi connectivity index (χ1) is 6.29. The van der Waals surface area contributed by atoms with E-state index < -0.39 is 0 Å². The van der Waals surface area contributed by atoms with Crippen LogP contribution in [-0.2, 0) is 0 Å². The van der Waals surface area contributed by atoms with Crippen molar-refractivity contribution in [2.45, 2.75) is 37.8 Å². The number of nitrogens with zero attached hydrogens (tertiary/aromatic N) is 3. The van der Waals surface area contributed by atoms with Crippen molar-refractivity contribution in [1.82, 2.24) is 14.8 Å². The Morgan fingerprint density at radius 2 is 2.23 bits per heavy atom. The number of hydrogen-bond acceptors (Lipinski definition) is 4. The third-order valence-electron chi connectivity index (χ3n) is 2.61. The van der Waals surface area contributed by atoms with Crippen molar-refractivity contribution in [3.8, 4) is 0 Å². The number of aliphatic hydroxyl groups excluding tert-OH is 1. The molecule has 0 amide bonds. The average Bonchev–Trinajstić information content (AvgIpc) is 2.52. The number of nitrogen functional groups attached to an aromatic ring is 1. The molecule has 0 saturated heterocycles. The number of nitrogens with two attached hydrogens (primary N) is 1. The van der Waals surface area contributed by atoms with Crippen molar-refractivity contribution in [3.63, 3.8) is 0 Å². The first kappa shape index (κ1) is 8.50. The Morgan fingerprint density at radius 1 is 1.46 bits per heavy atom. The number of rotatable bonds is 1. The Balaban J connectivity index is 2.19. The van der Waals surface area contributed by atoms with Gasteiger partial charge in [0.15, 0.2) is 0 Å². The highest BCUT2D eigenvalue weighted by Gasteiger charge is 2.26. The van der Waals surface area contributed by atoms with Gasteiger partial charge in [-0.1, -0.05) is 12.8 Å². The van der Waals surface area contributed by atoms with Crippen LogP contribution in [0, 0.1) is 0 Å². The molecule has 72 valence electrons. The first-order valence-electron chi connectivity index (χ1n) is 4.62. The second-order valence-corrected chi connectivity index (χ2v) is 3.48. The van der Waals surface area contributed by atoms with Crippen molar-refractivity contribution in [2.24, 2.45) is 0 Å². The molecule has 0 aromatic carbocycles. The highest BCUT2D eigenvalue weighted by Crippen LogP contribution is 2.28. The molecule has 3 N–H and O–H groups in total. The number of anilines is 1. The molecule has 2 unspecified atom stereocenters. The van der Waals surface area contributed by atoms with Crippen LogP contribution < -0.4 is 5.73 Å². The van der Waals surface area contributed by atoms with Gasteiger partial charge in [0, 0.05) is 0 Å². The minimum absolute atomic E-state index is 0.0243. The lowest BCUT2D eigenvalue weighted by molar-refractivity contribution is 0.0704. The van der Waals surface area contributed by atoms with Gasteiger partial charge in [0.05, 0.1) is 12.1 Å². The maximum atomic E-state index is 9.72. The van der Waals surface area contributed by atoms with Crippen LogP contribution in [0.3, 0.4) is 0 Å². The van der Waals surface area contributed by atoms with E-state index in [1.54, 1.807) is 4.68 Å². The zero-order chi connectivity index (χ0) is 9.26. The summed E-state index contributed by atoms with van der Waals surface area (Å²) in [7, 11) is 0. The van der Waals surface area contributed by atoms with E-state index in [2.05, 4.69) is 10.1 Å². The highest BCUT2D eigenvalue weighted by molar-refractivity contribution is 5.14. The molecule has 5 nitrogen and oxygen atoms in total. The van der Waals surface area contributed by atoms with Gasteiger partial charge in [-0.2, -0.15) is 5.10 Å². The van der Waals surface area contributed by atoms with E-state index in [0.717, 1.165) is 25.7 Å². The zero-order valence-corrected chi connectivity index (χ0v) is 7.43. The molecule has 1 heterocycles. The molecule has 1 aliphatic rings. The molecule has 0 radical (unpaired) electrons. The maximum absolute atomic E-state index is 9.72. The summed E-state index contributed by atoms with van der Waals surface area (Å²) in [5.41, 5.74) is 5.61. The molecule has 2 atom stereocenters. The van der Waals surface area contributed by atoms with Crippen LogP contribution in [0.4, 0.5) is 5.95 Å². The lowest BCUT2D eigenvalue weighted by atomic mass is 9.93. The normalized spacial score (nSPS) is 29.0. The van der Waals surface area contributed by atoms with Crippen LogP contribution in [0.1, 0.15) is 31.7 Å². The summed E-state index contributed by atoms with van der Waals surface area (Å²) in [6.07, 6.45) is 5.10. The van der Waals surface area contributed by atoms with Crippen LogP contribution in [0.5, 0.6) is 0 Å². The fraction of sp³-hybridized carbons (Fsp3) is 0.750. The van der Waals surface area contributed by atoms with E-state index in [4.69, 9.17) is 5.73 Å². The van der Waals surface area contributed by atoms with Gasteiger partial charge in [-0.3, -0.25) is 0 Å². The Morgan fingerprint density at radius 3 is 2.85 bits per heavy atom. The Labute approximate surface area is 76.6 Å². The summed E-state index contributed by atoms with van der Waals surface area (Å²) in [6.45, 7) is 0. The first-order valence-corrected chi connectivity index (χ1v) is 4.62. The number of aliphatic hydroxyl groups is 1. The van der Waals surface area contributed by atoms with Gasteiger partial charge >= 0.3 is 0 Å². The summed E-state index contributed by atoms with van der Waals surface area (Å²) >= 11 is 0. The number of hydrogen-bond donors (Lipinski definition) is 2. The standard InChI is InChI=1S/C8H14N4O/c9-8-10-5-11-12(8)6-3-1-2-4-7(6)13/h5-7,13H,1-4H2,(H2,9,10,11). The molecule has 5 heteroatoms. The van der Waals surface area contributed by atoms with E-state index >= 15 is 0 Å². The lowest BCUT2D eigenvalue weighted by Crippen LogP contribution is -2.29. The summed E-state index contributed by atoms with van der Waals surface area (Å²) < 4.78 is 1.63. The van der Waals surface area contributed by atoms with Gasteiger partial charge in [-0.05, 0) is 12.8 Å². The molecular weight excluding hydrogens is 168 g/mol. The van der Waals surface area contributed by atoms with Crippen LogP contribution >= 0.6 is 0 Å². The van der Waals surface area contributed by atoms with E-state index in [1.165, 1.54) is 6.33 Å². The van der Waals surface area contributed by atoms with E-state index in [9.17, 15) is 5.11 Å². The van der Waals surface area contributed by atoms with Gasteiger partial charge in [0.1, 0.15) is 6.33 Å².